The summed E-state index contributed by atoms with van der Waals surface area (Å²) in [5, 5.41) is 0. The zero-order valence-corrected chi connectivity index (χ0v) is 20.0. The van der Waals surface area contributed by atoms with Crippen molar-refractivity contribution in [1.82, 2.24) is 8.61 Å². The molecule has 2 aliphatic rings. The van der Waals surface area contributed by atoms with Crippen molar-refractivity contribution in [2.45, 2.75) is 23.6 Å². The van der Waals surface area contributed by atoms with Gasteiger partial charge in [-0.25, -0.2) is 16.8 Å². The predicted molar refractivity (Wildman–Crippen MR) is 123 cm³/mol. The average Bonchev–Trinajstić information content (AvgIpc) is 2.81. The van der Waals surface area contributed by atoms with E-state index in [9.17, 15) is 16.8 Å². The van der Waals surface area contributed by atoms with E-state index >= 15 is 0 Å². The van der Waals surface area contributed by atoms with Gasteiger partial charge in [0.25, 0.3) is 0 Å². The molecule has 2 aromatic carbocycles. The molecule has 0 bridgehead atoms. The number of anilines is 1. The van der Waals surface area contributed by atoms with Crippen LogP contribution in [0.2, 0.25) is 0 Å². The van der Waals surface area contributed by atoms with Crippen molar-refractivity contribution in [2.24, 2.45) is 0 Å². The number of morpholine rings is 1. The summed E-state index contributed by atoms with van der Waals surface area (Å²) in [4.78, 5) is 2.42. The molecular formula is C22H29N3O5S2. The SMILES string of the molecule is Cc1cccc(N2CCN(S(=O)(=O)c3ccc(S(=O)(=O)N4CCOCC4)cc3)CC2)c1C. The van der Waals surface area contributed by atoms with E-state index in [4.69, 9.17) is 4.74 Å². The Morgan fingerprint density at radius 3 is 1.72 bits per heavy atom. The summed E-state index contributed by atoms with van der Waals surface area (Å²) < 4.78 is 59.9. The van der Waals surface area contributed by atoms with Gasteiger partial charge < -0.3 is 9.64 Å². The van der Waals surface area contributed by atoms with Crippen LogP contribution in [0, 0.1) is 13.8 Å². The number of ether oxygens (including phenoxy) is 1. The molecule has 174 valence electrons. The van der Waals surface area contributed by atoms with E-state index in [2.05, 4.69) is 30.9 Å². The highest BCUT2D eigenvalue weighted by molar-refractivity contribution is 7.89. The van der Waals surface area contributed by atoms with Gasteiger partial charge in [0.05, 0.1) is 23.0 Å². The van der Waals surface area contributed by atoms with Gasteiger partial charge in [-0.2, -0.15) is 8.61 Å². The standard InChI is InChI=1S/C22H29N3O5S2/c1-18-4-3-5-22(19(18)2)23-10-12-24(13-11-23)31(26,27)20-6-8-21(9-7-20)32(28,29)25-14-16-30-17-15-25/h3-9H,10-17H2,1-2H3. The molecule has 10 heteroatoms. The van der Waals surface area contributed by atoms with Crippen molar-refractivity contribution < 1.29 is 21.6 Å². The summed E-state index contributed by atoms with van der Waals surface area (Å²) in [7, 11) is -7.35. The Bertz CT molecular complexity index is 1170. The van der Waals surface area contributed by atoms with Crippen LogP contribution in [0.5, 0.6) is 0 Å². The highest BCUT2D eigenvalue weighted by Gasteiger charge is 2.30. The van der Waals surface area contributed by atoms with Crippen molar-refractivity contribution in [1.29, 1.82) is 0 Å². The van der Waals surface area contributed by atoms with Gasteiger partial charge in [0.15, 0.2) is 0 Å². The number of sulfonamides is 2. The van der Waals surface area contributed by atoms with Gasteiger partial charge in [-0.05, 0) is 55.3 Å². The van der Waals surface area contributed by atoms with E-state index in [0.29, 0.717) is 52.5 Å². The molecule has 0 saturated carbocycles. The third kappa shape index (κ3) is 4.42. The maximum Gasteiger partial charge on any atom is 0.243 e. The van der Waals surface area contributed by atoms with Crippen LogP contribution in [0.4, 0.5) is 5.69 Å². The molecule has 32 heavy (non-hydrogen) atoms. The van der Waals surface area contributed by atoms with Crippen LogP contribution in [0.3, 0.4) is 0 Å². The Morgan fingerprint density at radius 2 is 1.19 bits per heavy atom. The molecule has 0 atom stereocenters. The molecule has 8 nitrogen and oxygen atoms in total. The summed E-state index contributed by atoms with van der Waals surface area (Å²) in [6.07, 6.45) is 0. The second-order valence-corrected chi connectivity index (χ2v) is 12.0. The van der Waals surface area contributed by atoms with Crippen molar-refractivity contribution >= 4 is 25.7 Å². The Labute approximate surface area is 190 Å². The van der Waals surface area contributed by atoms with Crippen LogP contribution in [0.15, 0.2) is 52.3 Å². The normalized spacial score (nSPS) is 19.2. The first-order chi connectivity index (χ1) is 15.2. The first-order valence-corrected chi connectivity index (χ1v) is 13.6. The summed E-state index contributed by atoms with van der Waals surface area (Å²) in [5.74, 6) is 0. The third-order valence-corrected chi connectivity index (χ3v) is 10.1. The number of rotatable bonds is 5. The lowest BCUT2D eigenvalue weighted by Crippen LogP contribution is -2.48. The number of hydrogen-bond acceptors (Lipinski definition) is 6. The fourth-order valence-corrected chi connectivity index (χ4v) is 6.95. The smallest absolute Gasteiger partial charge is 0.243 e. The maximum atomic E-state index is 13.1. The van der Waals surface area contributed by atoms with E-state index in [1.54, 1.807) is 0 Å². The minimum Gasteiger partial charge on any atom is -0.379 e. The minimum atomic E-state index is -3.69. The quantitative estimate of drug-likeness (QED) is 0.650. The molecule has 0 unspecified atom stereocenters. The molecule has 0 spiro atoms. The first kappa shape index (κ1) is 23.2. The highest BCUT2D eigenvalue weighted by Crippen LogP contribution is 2.26. The van der Waals surface area contributed by atoms with E-state index in [1.807, 2.05) is 6.07 Å². The third-order valence-electron chi connectivity index (χ3n) is 6.22. The first-order valence-electron chi connectivity index (χ1n) is 10.7. The van der Waals surface area contributed by atoms with Crippen molar-refractivity contribution in [3.63, 3.8) is 0 Å². The molecule has 0 amide bonds. The molecule has 0 N–H and O–H groups in total. The van der Waals surface area contributed by atoms with Crippen molar-refractivity contribution in [3.05, 3.63) is 53.6 Å². The molecule has 0 radical (unpaired) electrons. The Balaban J connectivity index is 1.46. The molecular weight excluding hydrogens is 450 g/mol. The molecule has 2 fully saturated rings. The van der Waals surface area contributed by atoms with Gasteiger partial charge in [-0.15, -0.1) is 0 Å². The van der Waals surface area contributed by atoms with Crippen LogP contribution in [0.25, 0.3) is 0 Å². The van der Waals surface area contributed by atoms with Crippen molar-refractivity contribution in [2.75, 3.05) is 57.4 Å². The monoisotopic (exact) mass is 479 g/mol. The number of aryl methyl sites for hydroxylation is 1. The maximum absolute atomic E-state index is 13.1. The summed E-state index contributed by atoms with van der Waals surface area (Å²) in [5.41, 5.74) is 3.56. The largest absolute Gasteiger partial charge is 0.379 e. The molecule has 2 heterocycles. The van der Waals surface area contributed by atoms with Crippen LogP contribution < -0.4 is 4.90 Å². The fraction of sp³-hybridized carbons (Fsp3) is 0.455. The van der Waals surface area contributed by atoms with Gasteiger partial charge in [0.1, 0.15) is 0 Å². The van der Waals surface area contributed by atoms with Crippen LogP contribution in [-0.4, -0.2) is 77.9 Å². The van der Waals surface area contributed by atoms with Crippen molar-refractivity contribution in [3.8, 4) is 0 Å². The molecule has 0 aromatic heterocycles. The fourth-order valence-electron chi connectivity index (χ4n) is 4.12. The lowest BCUT2D eigenvalue weighted by molar-refractivity contribution is 0.0730. The number of hydrogen-bond donors (Lipinski definition) is 0. The lowest BCUT2D eigenvalue weighted by atomic mass is 10.1. The van der Waals surface area contributed by atoms with Gasteiger partial charge in [-0.1, -0.05) is 12.1 Å². The molecule has 2 saturated heterocycles. The van der Waals surface area contributed by atoms with Crippen LogP contribution in [-0.2, 0) is 24.8 Å². The number of benzene rings is 2. The van der Waals surface area contributed by atoms with Crippen LogP contribution in [0.1, 0.15) is 11.1 Å². The van der Waals surface area contributed by atoms with E-state index in [-0.39, 0.29) is 9.79 Å². The zero-order valence-electron chi connectivity index (χ0n) is 18.4. The molecule has 0 aliphatic carbocycles. The summed E-state index contributed by atoms with van der Waals surface area (Å²) in [6.45, 7) is 7.44. The molecule has 4 rings (SSSR count). The number of piperazine rings is 1. The van der Waals surface area contributed by atoms with E-state index in [0.717, 1.165) is 5.69 Å². The van der Waals surface area contributed by atoms with E-state index in [1.165, 1.54) is 44.0 Å². The van der Waals surface area contributed by atoms with Gasteiger partial charge >= 0.3 is 0 Å². The molecule has 2 aliphatic heterocycles. The Kier molecular flexibility index (Phi) is 6.60. The molecule has 2 aromatic rings. The second-order valence-electron chi connectivity index (χ2n) is 8.10. The van der Waals surface area contributed by atoms with Gasteiger partial charge in [0, 0.05) is 45.0 Å². The van der Waals surface area contributed by atoms with Crippen LogP contribution >= 0.6 is 0 Å². The average molecular weight is 480 g/mol. The minimum absolute atomic E-state index is 0.0955. The summed E-state index contributed by atoms with van der Waals surface area (Å²) in [6, 6.07) is 11.7. The lowest BCUT2D eigenvalue weighted by Gasteiger charge is -2.36. The number of nitrogens with zero attached hydrogens (tertiary/aromatic N) is 3. The second kappa shape index (κ2) is 9.11. The predicted octanol–water partition coefficient (Wildman–Crippen LogP) is 1.84. The van der Waals surface area contributed by atoms with Gasteiger partial charge in [-0.3, -0.25) is 0 Å². The highest BCUT2D eigenvalue weighted by atomic mass is 32.2. The Morgan fingerprint density at radius 1 is 0.688 bits per heavy atom. The van der Waals surface area contributed by atoms with Gasteiger partial charge in [0.2, 0.25) is 20.0 Å². The Hall–Kier alpha value is -1.98. The van der Waals surface area contributed by atoms with E-state index < -0.39 is 20.0 Å². The summed E-state index contributed by atoms with van der Waals surface area (Å²) >= 11 is 0. The zero-order chi connectivity index (χ0) is 22.9. The topological polar surface area (TPSA) is 87.2 Å².